The fourth-order valence-electron chi connectivity index (χ4n) is 2.95. The summed E-state index contributed by atoms with van der Waals surface area (Å²) in [6.07, 6.45) is 0.971. The van der Waals surface area contributed by atoms with Gasteiger partial charge in [-0.1, -0.05) is 11.8 Å². The number of ketones is 1. The van der Waals surface area contributed by atoms with E-state index in [-0.39, 0.29) is 17.9 Å². The molecule has 0 spiro atoms. The number of nitrogens with zero attached hydrogens (tertiary/aromatic N) is 2. The van der Waals surface area contributed by atoms with Crippen LogP contribution in [0, 0.1) is 5.82 Å². The maximum Gasteiger partial charge on any atom is 0.185 e. The van der Waals surface area contributed by atoms with Gasteiger partial charge in [0, 0.05) is 24.4 Å². The van der Waals surface area contributed by atoms with Gasteiger partial charge >= 0.3 is 0 Å². The third-order valence-electron chi connectivity index (χ3n) is 4.47. The lowest BCUT2D eigenvalue weighted by molar-refractivity contribution is 0.0998. The summed E-state index contributed by atoms with van der Waals surface area (Å²) in [5.41, 5.74) is 0.640. The number of Topliss-reactive ketones (excluding diaryl/α,β-unsaturated/α-hetero) is 1. The van der Waals surface area contributed by atoms with Crippen molar-refractivity contribution < 1.29 is 23.4 Å². The van der Waals surface area contributed by atoms with Gasteiger partial charge in [0.05, 0.1) is 39.1 Å². The molecule has 154 valence electrons. The number of ether oxygens (including phenoxy) is 3. The van der Waals surface area contributed by atoms with Crippen molar-refractivity contribution in [3.8, 4) is 17.2 Å². The van der Waals surface area contributed by atoms with Gasteiger partial charge in [-0.05, 0) is 30.7 Å². The molecule has 8 heteroatoms. The zero-order chi connectivity index (χ0) is 20.8. The van der Waals surface area contributed by atoms with Gasteiger partial charge < -0.3 is 19.1 Å². The second-order valence-corrected chi connectivity index (χ2v) is 7.32. The topological polar surface area (TPSA) is 60.4 Å². The van der Waals surface area contributed by atoms with Crippen LogP contribution < -0.4 is 19.1 Å². The lowest BCUT2D eigenvalue weighted by atomic mass is 10.1. The molecule has 2 aromatic rings. The molecule has 0 bridgehead atoms. The summed E-state index contributed by atoms with van der Waals surface area (Å²) in [5, 5.41) is 0.699. The minimum Gasteiger partial charge on any atom is -0.497 e. The van der Waals surface area contributed by atoms with Crippen LogP contribution in [0.15, 0.2) is 41.4 Å². The highest BCUT2D eigenvalue weighted by Crippen LogP contribution is 2.35. The fourth-order valence-corrected chi connectivity index (χ4v) is 3.91. The molecule has 3 rings (SSSR count). The van der Waals surface area contributed by atoms with Crippen LogP contribution in [-0.4, -0.2) is 51.1 Å². The summed E-state index contributed by atoms with van der Waals surface area (Å²) in [7, 11) is 4.58. The summed E-state index contributed by atoms with van der Waals surface area (Å²) in [5.74, 6) is 1.46. The first-order chi connectivity index (χ1) is 14.1. The Balaban J connectivity index is 1.99. The number of carbonyl (C=O) groups excluding carboxylic acids is 1. The van der Waals surface area contributed by atoms with E-state index in [2.05, 4.69) is 4.99 Å². The van der Waals surface area contributed by atoms with Crippen LogP contribution >= 0.6 is 11.8 Å². The average molecular weight is 418 g/mol. The van der Waals surface area contributed by atoms with Crippen LogP contribution in [0.25, 0.3) is 0 Å². The fraction of sp³-hybridized carbons (Fsp3) is 0.333. The molecule has 6 nitrogen and oxygen atoms in total. The number of aliphatic imine (C=N–C) groups is 1. The molecule has 0 aliphatic carbocycles. The Morgan fingerprint density at radius 3 is 2.45 bits per heavy atom. The zero-order valence-electron chi connectivity index (χ0n) is 16.6. The van der Waals surface area contributed by atoms with Gasteiger partial charge in [-0.25, -0.2) is 4.39 Å². The van der Waals surface area contributed by atoms with E-state index in [0.717, 1.165) is 12.2 Å². The van der Waals surface area contributed by atoms with E-state index in [4.69, 9.17) is 14.2 Å². The minimum atomic E-state index is -0.620. The van der Waals surface area contributed by atoms with E-state index in [1.165, 1.54) is 19.2 Å². The number of hydrogen-bond donors (Lipinski definition) is 0. The Kier molecular flexibility index (Phi) is 6.98. The maximum atomic E-state index is 14.4. The number of benzene rings is 2. The van der Waals surface area contributed by atoms with Crippen LogP contribution in [0.1, 0.15) is 16.8 Å². The van der Waals surface area contributed by atoms with E-state index in [1.807, 2.05) is 0 Å². The highest BCUT2D eigenvalue weighted by Gasteiger charge is 2.25. The molecule has 0 saturated carbocycles. The number of anilines is 1. The Morgan fingerprint density at radius 1 is 1.10 bits per heavy atom. The van der Waals surface area contributed by atoms with Crippen molar-refractivity contribution in [1.82, 2.24) is 0 Å². The molecule has 0 atom stereocenters. The Morgan fingerprint density at radius 2 is 1.83 bits per heavy atom. The number of thioether (sulfide) groups is 1. The first-order valence-corrected chi connectivity index (χ1v) is 10.1. The molecule has 0 saturated heterocycles. The standard InChI is InChI=1S/C21H23FN2O4S/c1-26-14-5-7-16(17(22)11-14)19(25)13-24(21-23-9-4-10-29-21)18-12-15(27-2)6-8-20(18)28-3/h5-8,11-12H,4,9-10,13H2,1-3H3. The molecule has 0 aromatic heterocycles. The molecular weight excluding hydrogens is 395 g/mol. The highest BCUT2D eigenvalue weighted by atomic mass is 32.2. The Labute approximate surface area is 173 Å². The summed E-state index contributed by atoms with van der Waals surface area (Å²) in [4.78, 5) is 19.3. The molecule has 29 heavy (non-hydrogen) atoms. The number of rotatable bonds is 7. The summed E-state index contributed by atoms with van der Waals surface area (Å²) < 4.78 is 30.3. The second-order valence-electron chi connectivity index (χ2n) is 6.26. The third-order valence-corrected chi connectivity index (χ3v) is 5.57. The molecule has 0 unspecified atom stereocenters. The summed E-state index contributed by atoms with van der Waals surface area (Å²) in [6, 6.07) is 9.55. The number of amidine groups is 1. The van der Waals surface area contributed by atoms with Crippen molar-refractivity contribution in [2.24, 2.45) is 4.99 Å². The van der Waals surface area contributed by atoms with E-state index in [1.54, 1.807) is 55.1 Å². The first kappa shape index (κ1) is 21.0. The highest BCUT2D eigenvalue weighted by molar-refractivity contribution is 8.14. The van der Waals surface area contributed by atoms with Gasteiger partial charge in [-0.15, -0.1) is 0 Å². The lowest BCUT2D eigenvalue weighted by Gasteiger charge is -2.28. The first-order valence-electron chi connectivity index (χ1n) is 9.11. The predicted octanol–water partition coefficient (Wildman–Crippen LogP) is 4.03. The summed E-state index contributed by atoms with van der Waals surface area (Å²) >= 11 is 1.56. The van der Waals surface area contributed by atoms with E-state index in [0.29, 0.717) is 34.6 Å². The van der Waals surface area contributed by atoms with Crippen LogP contribution in [0.3, 0.4) is 0 Å². The number of methoxy groups -OCH3 is 3. The monoisotopic (exact) mass is 418 g/mol. The van der Waals surface area contributed by atoms with Crippen molar-refractivity contribution >= 4 is 28.4 Å². The number of hydrogen-bond acceptors (Lipinski definition) is 7. The molecule has 0 radical (unpaired) electrons. The maximum absolute atomic E-state index is 14.4. The SMILES string of the molecule is COc1ccc(C(=O)CN(C2=NCCCS2)c2cc(OC)ccc2OC)c(F)c1. The van der Waals surface area contributed by atoms with Crippen molar-refractivity contribution in [3.63, 3.8) is 0 Å². The molecule has 1 heterocycles. The van der Waals surface area contributed by atoms with Crippen molar-refractivity contribution in [2.45, 2.75) is 6.42 Å². The quantitative estimate of drug-likeness (QED) is 0.633. The molecular formula is C21H23FN2O4S. The van der Waals surface area contributed by atoms with Gasteiger partial charge in [0.2, 0.25) is 0 Å². The van der Waals surface area contributed by atoms with Crippen molar-refractivity contribution in [1.29, 1.82) is 0 Å². The average Bonchev–Trinajstić information content (AvgIpc) is 2.77. The third kappa shape index (κ3) is 4.82. The molecule has 1 aliphatic heterocycles. The minimum absolute atomic E-state index is 0.000859. The number of carbonyl (C=O) groups is 1. The van der Waals surface area contributed by atoms with Gasteiger partial charge in [-0.2, -0.15) is 0 Å². The lowest BCUT2D eigenvalue weighted by Crippen LogP contribution is -2.36. The molecule has 0 fully saturated rings. The Bertz CT molecular complexity index is 920. The van der Waals surface area contributed by atoms with Crippen LogP contribution in [0.5, 0.6) is 17.2 Å². The van der Waals surface area contributed by atoms with Gasteiger partial charge in [0.15, 0.2) is 11.0 Å². The van der Waals surface area contributed by atoms with Crippen molar-refractivity contribution in [2.75, 3.05) is 45.1 Å². The normalized spacial score (nSPS) is 13.4. The van der Waals surface area contributed by atoms with E-state index < -0.39 is 5.82 Å². The van der Waals surface area contributed by atoms with Crippen LogP contribution in [0.4, 0.5) is 10.1 Å². The molecule has 2 aromatic carbocycles. The smallest absolute Gasteiger partial charge is 0.185 e. The van der Waals surface area contributed by atoms with E-state index in [9.17, 15) is 9.18 Å². The molecule has 0 amide bonds. The number of halogens is 1. The van der Waals surface area contributed by atoms with E-state index >= 15 is 0 Å². The predicted molar refractivity (Wildman–Crippen MR) is 114 cm³/mol. The van der Waals surface area contributed by atoms with Crippen LogP contribution in [0.2, 0.25) is 0 Å². The largest absolute Gasteiger partial charge is 0.497 e. The van der Waals surface area contributed by atoms with Crippen molar-refractivity contribution in [3.05, 3.63) is 47.8 Å². The van der Waals surface area contributed by atoms with Crippen LogP contribution in [-0.2, 0) is 0 Å². The zero-order valence-corrected chi connectivity index (χ0v) is 17.4. The molecule has 0 N–H and O–H groups in total. The second kappa shape index (κ2) is 9.65. The summed E-state index contributed by atoms with van der Waals surface area (Å²) in [6.45, 7) is 0.592. The van der Waals surface area contributed by atoms with Gasteiger partial charge in [0.25, 0.3) is 0 Å². The van der Waals surface area contributed by atoms with Gasteiger partial charge in [-0.3, -0.25) is 9.79 Å². The molecule has 1 aliphatic rings. The Hall–Kier alpha value is -2.74. The van der Waals surface area contributed by atoms with Gasteiger partial charge in [0.1, 0.15) is 23.1 Å².